The standard InChI is InChI=1S/C20H16ClN3O2S/c1-12(2)26-15-9-7-13(8-10-15)18-22-20-24(23-18)19(25)17(27-20)11-14-5-3-4-6-16(14)21/h3-12H,1-2H3. The van der Waals surface area contributed by atoms with Crippen molar-refractivity contribution in [1.29, 1.82) is 0 Å². The summed E-state index contributed by atoms with van der Waals surface area (Å²) < 4.78 is 7.52. The van der Waals surface area contributed by atoms with E-state index in [9.17, 15) is 4.79 Å². The molecule has 5 nitrogen and oxygen atoms in total. The maximum atomic E-state index is 12.6. The van der Waals surface area contributed by atoms with Crippen LogP contribution in [-0.4, -0.2) is 20.7 Å². The third-order valence-electron chi connectivity index (χ3n) is 3.86. The Morgan fingerprint density at radius 1 is 1.15 bits per heavy atom. The molecule has 0 aliphatic rings. The predicted octanol–water partition coefficient (Wildman–Crippen LogP) is 3.81. The minimum absolute atomic E-state index is 0.114. The second kappa shape index (κ2) is 7.13. The van der Waals surface area contributed by atoms with Crippen molar-refractivity contribution >= 4 is 34.0 Å². The molecule has 0 saturated carbocycles. The second-order valence-corrected chi connectivity index (χ2v) is 7.67. The summed E-state index contributed by atoms with van der Waals surface area (Å²) in [6.07, 6.45) is 1.88. The first kappa shape index (κ1) is 17.7. The van der Waals surface area contributed by atoms with Gasteiger partial charge in [0.25, 0.3) is 5.56 Å². The lowest BCUT2D eigenvalue weighted by Gasteiger charge is -2.09. The molecule has 2 aromatic carbocycles. The summed E-state index contributed by atoms with van der Waals surface area (Å²) in [6, 6.07) is 14.9. The summed E-state index contributed by atoms with van der Waals surface area (Å²) in [4.78, 5) is 17.7. The van der Waals surface area contributed by atoms with E-state index in [1.165, 1.54) is 15.9 Å². The van der Waals surface area contributed by atoms with E-state index in [4.69, 9.17) is 16.3 Å². The Hall–Kier alpha value is -2.70. The van der Waals surface area contributed by atoms with Crippen molar-refractivity contribution in [3.05, 3.63) is 74.0 Å². The van der Waals surface area contributed by atoms with E-state index in [0.717, 1.165) is 16.9 Å². The number of nitrogens with zero attached hydrogens (tertiary/aromatic N) is 3. The third kappa shape index (κ3) is 3.59. The first-order chi connectivity index (χ1) is 13.0. The molecule has 0 saturated heterocycles. The zero-order chi connectivity index (χ0) is 19.0. The maximum absolute atomic E-state index is 12.6. The number of hydrogen-bond donors (Lipinski definition) is 0. The van der Waals surface area contributed by atoms with Gasteiger partial charge in [-0.15, -0.1) is 5.10 Å². The SMILES string of the molecule is CC(C)Oc1ccc(-c2nc3sc(=Cc4ccccc4Cl)c(=O)n3n2)cc1. The molecule has 0 amide bonds. The van der Waals surface area contributed by atoms with E-state index < -0.39 is 0 Å². The van der Waals surface area contributed by atoms with Crippen LogP contribution in [0, 0.1) is 0 Å². The fourth-order valence-electron chi connectivity index (χ4n) is 2.64. The van der Waals surface area contributed by atoms with E-state index >= 15 is 0 Å². The zero-order valence-corrected chi connectivity index (χ0v) is 16.3. The first-order valence-electron chi connectivity index (χ1n) is 8.44. The summed E-state index contributed by atoms with van der Waals surface area (Å²) in [6.45, 7) is 3.96. The van der Waals surface area contributed by atoms with Crippen LogP contribution in [0.3, 0.4) is 0 Å². The lowest BCUT2D eigenvalue weighted by Crippen LogP contribution is -2.23. The lowest BCUT2D eigenvalue weighted by atomic mass is 10.2. The Kier molecular flexibility index (Phi) is 4.68. The van der Waals surface area contributed by atoms with Crippen LogP contribution in [0.5, 0.6) is 5.75 Å². The minimum atomic E-state index is -0.201. The molecule has 7 heteroatoms. The van der Waals surface area contributed by atoms with Gasteiger partial charge in [0, 0.05) is 10.6 Å². The van der Waals surface area contributed by atoms with Gasteiger partial charge in [0.05, 0.1) is 10.6 Å². The highest BCUT2D eigenvalue weighted by Gasteiger charge is 2.12. The highest BCUT2D eigenvalue weighted by Crippen LogP contribution is 2.21. The van der Waals surface area contributed by atoms with E-state index in [1.807, 2.05) is 56.3 Å². The van der Waals surface area contributed by atoms with Crippen molar-refractivity contribution in [2.45, 2.75) is 20.0 Å². The largest absolute Gasteiger partial charge is 0.491 e. The Balaban J connectivity index is 1.71. The van der Waals surface area contributed by atoms with Gasteiger partial charge < -0.3 is 4.74 Å². The Bertz CT molecular complexity index is 1210. The number of halogens is 1. The topological polar surface area (TPSA) is 56.5 Å². The molecule has 0 radical (unpaired) electrons. The molecule has 2 heterocycles. The number of fused-ring (bicyclic) bond motifs is 1. The van der Waals surface area contributed by atoms with Crippen molar-refractivity contribution in [2.75, 3.05) is 0 Å². The molecule has 136 valence electrons. The van der Waals surface area contributed by atoms with Crippen molar-refractivity contribution < 1.29 is 4.74 Å². The molecule has 0 atom stereocenters. The van der Waals surface area contributed by atoms with Crippen LogP contribution in [0.2, 0.25) is 5.02 Å². The van der Waals surface area contributed by atoms with Gasteiger partial charge in [-0.1, -0.05) is 41.1 Å². The molecule has 0 aliphatic heterocycles. The molecule has 0 fully saturated rings. The predicted molar refractivity (Wildman–Crippen MR) is 109 cm³/mol. The molecule has 0 unspecified atom stereocenters. The van der Waals surface area contributed by atoms with Crippen molar-refractivity contribution in [2.24, 2.45) is 0 Å². The molecular weight excluding hydrogens is 382 g/mol. The van der Waals surface area contributed by atoms with Gasteiger partial charge in [0.2, 0.25) is 4.96 Å². The molecule has 4 aromatic rings. The molecule has 27 heavy (non-hydrogen) atoms. The van der Waals surface area contributed by atoms with E-state index in [2.05, 4.69) is 10.1 Å². The van der Waals surface area contributed by atoms with Gasteiger partial charge in [0.1, 0.15) is 5.75 Å². The van der Waals surface area contributed by atoms with Crippen LogP contribution in [0.25, 0.3) is 22.4 Å². The minimum Gasteiger partial charge on any atom is -0.491 e. The quantitative estimate of drug-likeness (QED) is 0.525. The number of benzene rings is 2. The average Bonchev–Trinajstić information content (AvgIpc) is 3.17. The lowest BCUT2D eigenvalue weighted by molar-refractivity contribution is 0.242. The first-order valence-corrected chi connectivity index (χ1v) is 9.63. The number of thiazole rings is 1. The van der Waals surface area contributed by atoms with Crippen LogP contribution < -0.4 is 14.8 Å². The second-order valence-electron chi connectivity index (χ2n) is 6.26. The van der Waals surface area contributed by atoms with Crippen LogP contribution >= 0.6 is 22.9 Å². The highest BCUT2D eigenvalue weighted by molar-refractivity contribution is 7.15. The van der Waals surface area contributed by atoms with Gasteiger partial charge in [-0.05, 0) is 55.8 Å². The molecule has 0 spiro atoms. The fraction of sp³-hybridized carbons (Fsp3) is 0.150. The molecule has 4 rings (SSSR count). The van der Waals surface area contributed by atoms with Gasteiger partial charge in [-0.25, -0.2) is 0 Å². The van der Waals surface area contributed by atoms with E-state index in [1.54, 1.807) is 12.1 Å². The highest BCUT2D eigenvalue weighted by atomic mass is 35.5. The average molecular weight is 398 g/mol. The van der Waals surface area contributed by atoms with Crippen LogP contribution in [0.1, 0.15) is 19.4 Å². The fourth-order valence-corrected chi connectivity index (χ4v) is 3.73. The van der Waals surface area contributed by atoms with Crippen molar-refractivity contribution in [3.63, 3.8) is 0 Å². The maximum Gasteiger partial charge on any atom is 0.291 e. The molecule has 2 aromatic heterocycles. The van der Waals surface area contributed by atoms with Gasteiger partial charge in [-0.2, -0.15) is 9.50 Å². The van der Waals surface area contributed by atoms with Gasteiger partial charge in [0.15, 0.2) is 5.82 Å². The van der Waals surface area contributed by atoms with Crippen LogP contribution in [0.4, 0.5) is 0 Å². The number of ether oxygens (including phenoxy) is 1. The van der Waals surface area contributed by atoms with Crippen molar-refractivity contribution in [3.8, 4) is 17.1 Å². The summed E-state index contributed by atoms with van der Waals surface area (Å²) in [7, 11) is 0. The molecule has 0 aliphatic carbocycles. The van der Waals surface area contributed by atoms with E-state index in [-0.39, 0.29) is 11.7 Å². The number of aromatic nitrogens is 3. The summed E-state index contributed by atoms with van der Waals surface area (Å²) >= 11 is 7.46. The monoisotopic (exact) mass is 397 g/mol. The van der Waals surface area contributed by atoms with Crippen LogP contribution in [-0.2, 0) is 0 Å². The summed E-state index contributed by atoms with van der Waals surface area (Å²) in [5, 5.41) is 4.96. The van der Waals surface area contributed by atoms with E-state index in [0.29, 0.717) is 20.3 Å². The number of hydrogen-bond acceptors (Lipinski definition) is 5. The molecule has 0 bridgehead atoms. The Morgan fingerprint density at radius 3 is 2.56 bits per heavy atom. The number of rotatable bonds is 4. The Labute approximate surface area is 164 Å². The van der Waals surface area contributed by atoms with Gasteiger partial charge >= 0.3 is 0 Å². The van der Waals surface area contributed by atoms with Crippen molar-refractivity contribution in [1.82, 2.24) is 14.6 Å². The third-order valence-corrected chi connectivity index (χ3v) is 5.16. The normalized spacial score (nSPS) is 12.2. The summed E-state index contributed by atoms with van der Waals surface area (Å²) in [5.74, 6) is 1.30. The van der Waals surface area contributed by atoms with Crippen LogP contribution in [0.15, 0.2) is 53.3 Å². The molecule has 0 N–H and O–H groups in total. The van der Waals surface area contributed by atoms with Gasteiger partial charge in [-0.3, -0.25) is 4.79 Å². The molecular formula is C20H16ClN3O2S. The smallest absolute Gasteiger partial charge is 0.291 e. The Morgan fingerprint density at radius 2 is 1.89 bits per heavy atom. The summed E-state index contributed by atoms with van der Waals surface area (Å²) in [5.41, 5.74) is 1.42. The zero-order valence-electron chi connectivity index (χ0n) is 14.7.